The molecule has 0 saturated carbocycles. The zero-order chi connectivity index (χ0) is 10.6. The van der Waals surface area contributed by atoms with Gasteiger partial charge in [-0.1, -0.05) is 0 Å². The molecule has 1 atom stereocenters. The molecule has 6 nitrogen and oxygen atoms in total. The first-order valence-electron chi connectivity index (χ1n) is 4.05. The highest BCUT2D eigenvalue weighted by Crippen LogP contribution is 1.93. The molecule has 2 N–H and O–H groups in total. The Balaban J connectivity index is 2.60. The highest BCUT2D eigenvalue weighted by molar-refractivity contribution is 5.81. The summed E-state index contributed by atoms with van der Waals surface area (Å²) in [5.74, 6) is -1.42. The van der Waals surface area contributed by atoms with E-state index in [1.54, 1.807) is 17.0 Å². The van der Waals surface area contributed by atoms with Crippen LogP contribution in [0.5, 0.6) is 0 Å². The van der Waals surface area contributed by atoms with Crippen LogP contribution in [0.3, 0.4) is 0 Å². The summed E-state index contributed by atoms with van der Waals surface area (Å²) in [5.41, 5.74) is 0. The monoisotopic (exact) mass is 197 g/mol. The van der Waals surface area contributed by atoms with Gasteiger partial charge >= 0.3 is 5.97 Å². The normalized spacial score (nSPS) is 12.1. The van der Waals surface area contributed by atoms with Crippen molar-refractivity contribution in [2.75, 3.05) is 0 Å². The number of aromatic nitrogens is 2. The summed E-state index contributed by atoms with van der Waals surface area (Å²) in [6, 6.07) is -0.915. The molecule has 0 saturated heterocycles. The Kier molecular flexibility index (Phi) is 3.22. The molecule has 0 fully saturated rings. The second-order valence-corrected chi connectivity index (χ2v) is 2.85. The molecule has 6 heteroatoms. The van der Waals surface area contributed by atoms with Crippen LogP contribution < -0.4 is 5.32 Å². The second kappa shape index (κ2) is 4.40. The molecular weight excluding hydrogens is 186 g/mol. The van der Waals surface area contributed by atoms with Gasteiger partial charge in [0.05, 0.1) is 12.9 Å². The maximum Gasteiger partial charge on any atom is 0.328 e. The van der Waals surface area contributed by atoms with Crippen molar-refractivity contribution in [2.24, 2.45) is 0 Å². The molecule has 1 rings (SSSR count). The van der Waals surface area contributed by atoms with Crippen molar-refractivity contribution in [1.29, 1.82) is 0 Å². The fraction of sp³-hybridized carbons (Fsp3) is 0.375. The summed E-state index contributed by atoms with van der Waals surface area (Å²) >= 11 is 0. The van der Waals surface area contributed by atoms with Crippen LogP contribution in [0.25, 0.3) is 0 Å². The maximum atomic E-state index is 10.7. The molecule has 0 spiro atoms. The summed E-state index contributed by atoms with van der Waals surface area (Å²) in [4.78, 5) is 25.2. The Morgan fingerprint density at radius 1 is 1.64 bits per heavy atom. The number of carbonyl (C=O) groups is 2. The molecule has 0 bridgehead atoms. The number of nitrogens with one attached hydrogen (secondary N) is 1. The number of imidazole rings is 1. The number of hydrogen-bond donors (Lipinski definition) is 2. The quantitative estimate of drug-likeness (QED) is 0.679. The van der Waals surface area contributed by atoms with E-state index in [2.05, 4.69) is 10.3 Å². The highest BCUT2D eigenvalue weighted by Gasteiger charge is 2.18. The van der Waals surface area contributed by atoms with Crippen molar-refractivity contribution in [3.8, 4) is 0 Å². The summed E-state index contributed by atoms with van der Waals surface area (Å²) < 4.78 is 1.59. The lowest BCUT2D eigenvalue weighted by Gasteiger charge is -2.13. The third-order valence-corrected chi connectivity index (χ3v) is 1.63. The predicted octanol–water partition coefficient (Wildman–Crippen LogP) is -0.528. The Labute approximate surface area is 80.6 Å². The minimum absolute atomic E-state index is 0.176. The van der Waals surface area contributed by atoms with Gasteiger partial charge in [-0.2, -0.15) is 0 Å². The van der Waals surface area contributed by atoms with E-state index >= 15 is 0 Å². The van der Waals surface area contributed by atoms with Crippen molar-refractivity contribution in [3.05, 3.63) is 18.7 Å². The molecule has 0 aliphatic rings. The van der Waals surface area contributed by atoms with E-state index in [0.717, 1.165) is 0 Å². The van der Waals surface area contributed by atoms with Crippen molar-refractivity contribution >= 4 is 11.9 Å². The van der Waals surface area contributed by atoms with E-state index in [1.807, 2.05) is 0 Å². The van der Waals surface area contributed by atoms with Crippen LogP contribution in [0.15, 0.2) is 18.7 Å². The first-order chi connectivity index (χ1) is 6.59. The van der Waals surface area contributed by atoms with Gasteiger partial charge in [-0.3, -0.25) is 4.79 Å². The number of aliphatic carboxylic acids is 1. The molecular formula is C8H11N3O3. The fourth-order valence-corrected chi connectivity index (χ4v) is 1.04. The van der Waals surface area contributed by atoms with Crippen LogP contribution in [-0.2, 0) is 16.1 Å². The molecule has 0 aliphatic heterocycles. The van der Waals surface area contributed by atoms with Crippen molar-refractivity contribution in [1.82, 2.24) is 14.9 Å². The molecule has 0 aromatic carbocycles. The van der Waals surface area contributed by atoms with Crippen LogP contribution >= 0.6 is 0 Å². The number of rotatable bonds is 4. The van der Waals surface area contributed by atoms with Gasteiger partial charge < -0.3 is 15.0 Å². The molecule has 1 aromatic heterocycles. The van der Waals surface area contributed by atoms with Gasteiger partial charge in [0.25, 0.3) is 0 Å². The summed E-state index contributed by atoms with van der Waals surface area (Å²) in [7, 11) is 0. The Morgan fingerprint density at radius 2 is 2.36 bits per heavy atom. The average Bonchev–Trinajstić information content (AvgIpc) is 2.54. The van der Waals surface area contributed by atoms with Gasteiger partial charge in [-0.05, 0) is 0 Å². The Bertz CT molecular complexity index is 321. The minimum atomic E-state index is -1.06. The van der Waals surface area contributed by atoms with Crippen LogP contribution in [0.2, 0.25) is 0 Å². The van der Waals surface area contributed by atoms with Gasteiger partial charge in [-0.15, -0.1) is 0 Å². The van der Waals surface area contributed by atoms with Crippen LogP contribution in [0.1, 0.15) is 6.92 Å². The third-order valence-electron chi connectivity index (χ3n) is 1.63. The number of carboxylic acid groups (broad SMARTS) is 1. The molecule has 1 unspecified atom stereocenters. The van der Waals surface area contributed by atoms with E-state index in [0.29, 0.717) is 0 Å². The highest BCUT2D eigenvalue weighted by atomic mass is 16.4. The molecule has 1 amide bonds. The van der Waals surface area contributed by atoms with Crippen molar-refractivity contribution in [3.63, 3.8) is 0 Å². The van der Waals surface area contributed by atoms with Crippen molar-refractivity contribution < 1.29 is 14.7 Å². The lowest BCUT2D eigenvalue weighted by molar-refractivity contribution is -0.141. The summed E-state index contributed by atoms with van der Waals surface area (Å²) in [5, 5.41) is 11.1. The minimum Gasteiger partial charge on any atom is -0.480 e. The zero-order valence-corrected chi connectivity index (χ0v) is 7.67. The lowest BCUT2D eigenvalue weighted by Crippen LogP contribution is -2.42. The van der Waals surface area contributed by atoms with Gasteiger partial charge in [0, 0.05) is 19.3 Å². The first kappa shape index (κ1) is 10.2. The summed E-state index contributed by atoms with van der Waals surface area (Å²) in [6.07, 6.45) is 4.68. The summed E-state index contributed by atoms with van der Waals surface area (Å²) in [6.45, 7) is 1.46. The van der Waals surface area contributed by atoms with Crippen molar-refractivity contribution in [2.45, 2.75) is 19.5 Å². The average molecular weight is 197 g/mol. The van der Waals surface area contributed by atoms with E-state index in [9.17, 15) is 9.59 Å². The third kappa shape index (κ3) is 2.89. The standard InChI is InChI=1S/C8H11N3O3/c1-6(12)10-7(8(13)14)4-11-3-2-9-5-11/h2-3,5,7H,4H2,1H3,(H,10,12)(H,13,14). The molecule has 1 heterocycles. The van der Waals surface area contributed by atoms with E-state index in [1.165, 1.54) is 13.3 Å². The Hall–Kier alpha value is -1.85. The van der Waals surface area contributed by atoms with Crippen LogP contribution in [0, 0.1) is 0 Å². The van der Waals surface area contributed by atoms with E-state index in [-0.39, 0.29) is 12.5 Å². The van der Waals surface area contributed by atoms with Gasteiger partial charge in [0.1, 0.15) is 6.04 Å². The number of carbonyl (C=O) groups excluding carboxylic acids is 1. The maximum absolute atomic E-state index is 10.7. The fourth-order valence-electron chi connectivity index (χ4n) is 1.04. The SMILES string of the molecule is CC(=O)NC(Cn1ccnc1)C(=O)O. The Morgan fingerprint density at radius 3 is 2.79 bits per heavy atom. The van der Waals surface area contributed by atoms with E-state index in [4.69, 9.17) is 5.11 Å². The number of carboxylic acids is 1. The number of amides is 1. The number of nitrogens with zero attached hydrogens (tertiary/aromatic N) is 2. The predicted molar refractivity (Wildman–Crippen MR) is 47.5 cm³/mol. The molecule has 14 heavy (non-hydrogen) atoms. The molecule has 76 valence electrons. The van der Waals surface area contributed by atoms with E-state index < -0.39 is 12.0 Å². The van der Waals surface area contributed by atoms with Gasteiger partial charge in [-0.25, -0.2) is 9.78 Å². The number of hydrogen-bond acceptors (Lipinski definition) is 3. The molecule has 0 aliphatic carbocycles. The molecule has 0 radical (unpaired) electrons. The van der Waals surface area contributed by atoms with Gasteiger partial charge in [0.15, 0.2) is 0 Å². The van der Waals surface area contributed by atoms with Crippen LogP contribution in [0.4, 0.5) is 0 Å². The largest absolute Gasteiger partial charge is 0.480 e. The molecule has 1 aromatic rings. The first-order valence-corrected chi connectivity index (χ1v) is 4.05. The van der Waals surface area contributed by atoms with Gasteiger partial charge in [0.2, 0.25) is 5.91 Å². The van der Waals surface area contributed by atoms with Crippen LogP contribution in [-0.4, -0.2) is 32.6 Å². The smallest absolute Gasteiger partial charge is 0.328 e. The topological polar surface area (TPSA) is 84.2 Å². The lowest BCUT2D eigenvalue weighted by atomic mass is 10.3. The zero-order valence-electron chi connectivity index (χ0n) is 7.67. The second-order valence-electron chi connectivity index (χ2n) is 2.85.